The van der Waals surface area contributed by atoms with Gasteiger partial charge in [-0.25, -0.2) is 0 Å². The molecule has 1 amide bonds. The molecular formula is C34H43N3O. The summed E-state index contributed by atoms with van der Waals surface area (Å²) in [4.78, 5) is 21.3. The Labute approximate surface area is 228 Å². The highest BCUT2D eigenvalue weighted by molar-refractivity contribution is 5.95. The first kappa shape index (κ1) is 26.6. The summed E-state index contributed by atoms with van der Waals surface area (Å²) in [5, 5.41) is 4.67. The van der Waals surface area contributed by atoms with Crippen LogP contribution in [-0.2, 0) is 10.8 Å². The van der Waals surface area contributed by atoms with Crippen molar-refractivity contribution >= 4 is 16.8 Å². The van der Waals surface area contributed by atoms with E-state index in [1.807, 2.05) is 12.3 Å². The second-order valence-corrected chi connectivity index (χ2v) is 13.4. The number of carbonyl (C=O) groups is 1. The van der Waals surface area contributed by atoms with Gasteiger partial charge in [-0.1, -0.05) is 71.9 Å². The average Bonchev–Trinajstić information content (AvgIpc) is 2.90. The maximum absolute atomic E-state index is 14.1. The third kappa shape index (κ3) is 5.16. The SMILES string of the molecule is C=CC1CN2CCC1CC2[C@H](NC(=O)c1cc(C(C)(C)C)cc(C(C)(C)C)c1)c1ccnc2ccccc12. The van der Waals surface area contributed by atoms with Crippen molar-refractivity contribution in [2.75, 3.05) is 13.1 Å². The molecule has 0 aliphatic carbocycles. The summed E-state index contributed by atoms with van der Waals surface area (Å²) in [5.41, 5.74) is 5.14. The van der Waals surface area contributed by atoms with Gasteiger partial charge in [0.05, 0.1) is 11.6 Å². The lowest BCUT2D eigenvalue weighted by Gasteiger charge is -2.51. The van der Waals surface area contributed by atoms with Gasteiger partial charge in [0.1, 0.15) is 0 Å². The van der Waals surface area contributed by atoms with Crippen LogP contribution in [0.25, 0.3) is 10.9 Å². The summed E-state index contributed by atoms with van der Waals surface area (Å²) in [5.74, 6) is 1.14. The van der Waals surface area contributed by atoms with Crippen LogP contribution in [0.15, 0.2) is 67.4 Å². The van der Waals surface area contributed by atoms with Gasteiger partial charge in [-0.05, 0) is 83.0 Å². The molecule has 6 rings (SSSR count). The minimum Gasteiger partial charge on any atom is -0.344 e. The molecule has 0 radical (unpaired) electrons. The fourth-order valence-corrected chi connectivity index (χ4v) is 6.34. The molecule has 2 bridgehead atoms. The van der Waals surface area contributed by atoms with Gasteiger partial charge in [0, 0.05) is 29.7 Å². The quantitative estimate of drug-likeness (QED) is 0.370. The fraction of sp³-hybridized carbons (Fsp3) is 0.471. The molecule has 0 spiro atoms. The maximum Gasteiger partial charge on any atom is 0.251 e. The smallest absolute Gasteiger partial charge is 0.251 e. The molecule has 200 valence electrons. The first-order valence-corrected chi connectivity index (χ1v) is 14.1. The van der Waals surface area contributed by atoms with E-state index in [-0.39, 0.29) is 28.8 Å². The molecule has 1 N–H and O–H groups in total. The van der Waals surface area contributed by atoms with Crippen molar-refractivity contribution in [2.24, 2.45) is 11.8 Å². The summed E-state index contributed by atoms with van der Waals surface area (Å²) in [7, 11) is 0. The maximum atomic E-state index is 14.1. The van der Waals surface area contributed by atoms with Crippen LogP contribution in [0.2, 0.25) is 0 Å². The Kier molecular flexibility index (Phi) is 6.98. The second-order valence-electron chi connectivity index (χ2n) is 13.4. The Morgan fingerprint density at radius 2 is 1.74 bits per heavy atom. The lowest BCUT2D eigenvalue weighted by molar-refractivity contribution is 0.00170. The molecule has 3 aromatic rings. The van der Waals surface area contributed by atoms with E-state index in [0.717, 1.165) is 41.5 Å². The van der Waals surface area contributed by atoms with Crippen LogP contribution in [0.3, 0.4) is 0 Å². The third-order valence-corrected chi connectivity index (χ3v) is 8.77. The predicted octanol–water partition coefficient (Wildman–Crippen LogP) is 7.20. The predicted molar refractivity (Wildman–Crippen MR) is 158 cm³/mol. The minimum atomic E-state index is -0.125. The molecule has 4 nitrogen and oxygen atoms in total. The zero-order valence-electron chi connectivity index (χ0n) is 23.9. The third-order valence-electron chi connectivity index (χ3n) is 8.77. The van der Waals surface area contributed by atoms with Gasteiger partial charge in [0.2, 0.25) is 0 Å². The molecule has 3 aliphatic rings. The number of carbonyl (C=O) groups excluding carboxylic acids is 1. The van der Waals surface area contributed by atoms with E-state index in [4.69, 9.17) is 0 Å². The summed E-state index contributed by atoms with van der Waals surface area (Å²) >= 11 is 0. The Balaban J connectivity index is 1.57. The largest absolute Gasteiger partial charge is 0.344 e. The summed E-state index contributed by atoms with van der Waals surface area (Å²) in [6.07, 6.45) is 6.29. The highest BCUT2D eigenvalue weighted by atomic mass is 16.1. The molecule has 4 heteroatoms. The van der Waals surface area contributed by atoms with Gasteiger partial charge in [-0.2, -0.15) is 0 Å². The summed E-state index contributed by atoms with van der Waals surface area (Å²) < 4.78 is 0. The van der Waals surface area contributed by atoms with Crippen molar-refractivity contribution in [1.82, 2.24) is 15.2 Å². The van der Waals surface area contributed by atoms with Gasteiger partial charge >= 0.3 is 0 Å². The van der Waals surface area contributed by atoms with Crippen LogP contribution in [0.5, 0.6) is 0 Å². The van der Waals surface area contributed by atoms with Crippen LogP contribution in [0, 0.1) is 11.8 Å². The molecule has 38 heavy (non-hydrogen) atoms. The van der Waals surface area contributed by atoms with Gasteiger partial charge in [0.15, 0.2) is 0 Å². The average molecular weight is 510 g/mol. The molecule has 0 saturated carbocycles. The first-order chi connectivity index (χ1) is 18.0. The Bertz CT molecular complexity index is 1310. The van der Waals surface area contributed by atoms with Crippen molar-refractivity contribution in [3.8, 4) is 0 Å². The number of fused-ring (bicyclic) bond motifs is 4. The standard InChI is InChI=1S/C34H43N3O/c1-8-22-21-37-16-14-23(22)19-30(37)31(28-13-15-35-29-12-10-9-11-27(28)29)36-32(38)24-17-25(33(2,3)4)20-26(18-24)34(5,6)7/h8-13,15,17-18,20,22-23,30-31H,1,14,16,19,21H2,2-7H3,(H,36,38)/t22?,23?,30?,31-/m1/s1. The van der Waals surface area contributed by atoms with Crippen LogP contribution < -0.4 is 5.32 Å². The monoisotopic (exact) mass is 509 g/mol. The van der Waals surface area contributed by atoms with Crippen molar-refractivity contribution in [3.63, 3.8) is 0 Å². The number of hydrogen-bond acceptors (Lipinski definition) is 3. The number of aromatic nitrogens is 1. The van der Waals surface area contributed by atoms with E-state index in [1.165, 1.54) is 17.5 Å². The topological polar surface area (TPSA) is 45.2 Å². The number of amides is 1. The lowest BCUT2D eigenvalue weighted by atomic mass is 9.73. The molecule has 4 heterocycles. The Morgan fingerprint density at radius 3 is 2.34 bits per heavy atom. The molecule has 1 aromatic heterocycles. The van der Waals surface area contributed by atoms with E-state index in [0.29, 0.717) is 11.8 Å². The number of benzene rings is 2. The minimum absolute atomic E-state index is 0.00425. The highest BCUT2D eigenvalue weighted by Crippen LogP contribution is 2.42. The molecule has 3 fully saturated rings. The Morgan fingerprint density at radius 1 is 1.05 bits per heavy atom. The van der Waals surface area contributed by atoms with Crippen LogP contribution in [0.1, 0.15) is 87.5 Å². The number of nitrogens with one attached hydrogen (secondary N) is 1. The van der Waals surface area contributed by atoms with E-state index in [9.17, 15) is 4.79 Å². The number of rotatable bonds is 5. The summed E-state index contributed by atoms with van der Waals surface area (Å²) in [6.45, 7) is 19.5. The molecule has 2 aromatic carbocycles. The van der Waals surface area contributed by atoms with Gasteiger partial charge in [-0.3, -0.25) is 14.7 Å². The molecule has 3 aliphatic heterocycles. The van der Waals surface area contributed by atoms with Crippen molar-refractivity contribution < 1.29 is 4.79 Å². The van der Waals surface area contributed by atoms with Gasteiger partial charge in [0.25, 0.3) is 5.91 Å². The number of piperidine rings is 3. The summed E-state index contributed by atoms with van der Waals surface area (Å²) in [6, 6.07) is 17.0. The van der Waals surface area contributed by atoms with Crippen LogP contribution in [0.4, 0.5) is 0 Å². The van der Waals surface area contributed by atoms with E-state index < -0.39 is 0 Å². The molecule has 3 saturated heterocycles. The number of nitrogens with zero attached hydrogens (tertiary/aromatic N) is 2. The van der Waals surface area contributed by atoms with Crippen molar-refractivity contribution in [1.29, 1.82) is 0 Å². The van der Waals surface area contributed by atoms with Crippen LogP contribution in [-0.4, -0.2) is 34.9 Å². The number of hydrogen-bond donors (Lipinski definition) is 1. The van der Waals surface area contributed by atoms with E-state index in [1.54, 1.807) is 0 Å². The highest BCUT2D eigenvalue weighted by Gasteiger charge is 2.43. The van der Waals surface area contributed by atoms with Gasteiger partial charge < -0.3 is 5.32 Å². The number of pyridine rings is 1. The second kappa shape index (κ2) is 9.96. The molecule has 4 unspecified atom stereocenters. The zero-order chi connectivity index (χ0) is 27.2. The fourth-order valence-electron chi connectivity index (χ4n) is 6.34. The zero-order valence-corrected chi connectivity index (χ0v) is 23.9. The first-order valence-electron chi connectivity index (χ1n) is 14.1. The number of para-hydroxylation sites is 1. The molecular weight excluding hydrogens is 466 g/mol. The normalized spacial score (nSPS) is 24.3. The van der Waals surface area contributed by atoms with E-state index >= 15 is 0 Å². The lowest BCUT2D eigenvalue weighted by Crippen LogP contribution is -2.57. The van der Waals surface area contributed by atoms with Crippen LogP contribution >= 0.6 is 0 Å². The Hall–Kier alpha value is -2.98. The van der Waals surface area contributed by atoms with E-state index in [2.05, 4.69) is 112 Å². The molecule has 5 atom stereocenters. The van der Waals surface area contributed by atoms with Crippen molar-refractivity contribution in [2.45, 2.75) is 77.3 Å². The van der Waals surface area contributed by atoms with Crippen molar-refractivity contribution in [3.05, 3.63) is 89.6 Å². The van der Waals surface area contributed by atoms with Gasteiger partial charge in [-0.15, -0.1) is 6.58 Å².